The summed E-state index contributed by atoms with van der Waals surface area (Å²) in [6.07, 6.45) is 0.790. The molecule has 0 fully saturated rings. The number of ether oxygens (including phenoxy) is 2. The van der Waals surface area contributed by atoms with E-state index >= 15 is 0 Å². The number of benzene rings is 2. The molecular formula is C16H16FNO2. The van der Waals surface area contributed by atoms with E-state index < -0.39 is 0 Å². The van der Waals surface area contributed by atoms with Gasteiger partial charge in [0.05, 0.1) is 0 Å². The highest BCUT2D eigenvalue weighted by Gasteiger charge is 2.16. The number of halogens is 1. The molecule has 0 saturated heterocycles. The maximum Gasteiger partial charge on any atom is 0.231 e. The highest BCUT2D eigenvalue weighted by Crippen LogP contribution is 2.33. The van der Waals surface area contributed by atoms with Crippen LogP contribution in [0.15, 0.2) is 42.5 Å². The van der Waals surface area contributed by atoms with Crippen molar-refractivity contribution in [3.63, 3.8) is 0 Å². The molecule has 1 aliphatic heterocycles. The standard InChI is InChI=1S/C16H16FNO2/c17-14-4-2-12(3-5-14)13(9-18)7-11-1-6-15-16(8-11)20-10-19-15/h1-6,8,13H,7,9-10,18H2. The summed E-state index contributed by atoms with van der Waals surface area (Å²) in [4.78, 5) is 0. The van der Waals surface area contributed by atoms with Gasteiger partial charge in [-0.1, -0.05) is 18.2 Å². The molecule has 2 aromatic rings. The molecule has 20 heavy (non-hydrogen) atoms. The van der Waals surface area contributed by atoms with Gasteiger partial charge in [-0.3, -0.25) is 0 Å². The first kappa shape index (κ1) is 12.9. The van der Waals surface area contributed by atoms with Crippen LogP contribution in [0.5, 0.6) is 11.5 Å². The number of hydrogen-bond donors (Lipinski definition) is 1. The van der Waals surface area contributed by atoms with Crippen LogP contribution < -0.4 is 15.2 Å². The third-order valence-electron chi connectivity index (χ3n) is 3.55. The first-order valence-electron chi connectivity index (χ1n) is 6.60. The second-order valence-electron chi connectivity index (χ2n) is 4.88. The fourth-order valence-electron chi connectivity index (χ4n) is 2.42. The zero-order chi connectivity index (χ0) is 13.9. The van der Waals surface area contributed by atoms with Crippen LogP contribution in [0, 0.1) is 5.82 Å². The predicted octanol–water partition coefficient (Wildman–Crippen LogP) is 2.84. The van der Waals surface area contributed by atoms with Gasteiger partial charge in [0, 0.05) is 5.92 Å². The molecule has 2 N–H and O–H groups in total. The second kappa shape index (κ2) is 5.51. The van der Waals surface area contributed by atoms with E-state index in [2.05, 4.69) is 0 Å². The van der Waals surface area contributed by atoms with E-state index in [0.29, 0.717) is 6.54 Å². The van der Waals surface area contributed by atoms with E-state index in [9.17, 15) is 4.39 Å². The molecule has 1 atom stereocenters. The van der Waals surface area contributed by atoms with Gasteiger partial charge in [-0.25, -0.2) is 4.39 Å². The Morgan fingerprint density at radius 3 is 2.55 bits per heavy atom. The lowest BCUT2D eigenvalue weighted by atomic mass is 9.92. The minimum Gasteiger partial charge on any atom is -0.454 e. The normalized spacial score (nSPS) is 14.3. The number of nitrogens with two attached hydrogens (primary N) is 1. The summed E-state index contributed by atoms with van der Waals surface area (Å²) in [5, 5.41) is 0. The van der Waals surface area contributed by atoms with Gasteiger partial charge in [-0.15, -0.1) is 0 Å². The summed E-state index contributed by atoms with van der Waals surface area (Å²) < 4.78 is 23.6. The van der Waals surface area contributed by atoms with Crippen molar-refractivity contribution in [2.24, 2.45) is 5.73 Å². The van der Waals surface area contributed by atoms with Crippen molar-refractivity contribution in [3.8, 4) is 11.5 Å². The summed E-state index contributed by atoms with van der Waals surface area (Å²) in [7, 11) is 0. The molecule has 2 aromatic carbocycles. The maximum absolute atomic E-state index is 13.0. The van der Waals surface area contributed by atoms with E-state index in [1.807, 2.05) is 18.2 Å². The monoisotopic (exact) mass is 273 g/mol. The molecular weight excluding hydrogens is 257 g/mol. The topological polar surface area (TPSA) is 44.5 Å². The summed E-state index contributed by atoms with van der Waals surface area (Å²) >= 11 is 0. The molecule has 0 saturated carbocycles. The van der Waals surface area contributed by atoms with Gasteiger partial charge in [0.25, 0.3) is 0 Å². The van der Waals surface area contributed by atoms with Crippen LogP contribution in [0.3, 0.4) is 0 Å². The first-order chi connectivity index (χ1) is 9.76. The van der Waals surface area contributed by atoms with Crippen LogP contribution in [-0.2, 0) is 6.42 Å². The first-order valence-corrected chi connectivity index (χ1v) is 6.60. The average Bonchev–Trinajstić information content (AvgIpc) is 2.93. The Morgan fingerprint density at radius 2 is 1.80 bits per heavy atom. The van der Waals surface area contributed by atoms with E-state index in [1.54, 1.807) is 12.1 Å². The van der Waals surface area contributed by atoms with E-state index in [-0.39, 0.29) is 18.5 Å². The lowest BCUT2D eigenvalue weighted by Crippen LogP contribution is -2.15. The van der Waals surface area contributed by atoms with Gasteiger partial charge < -0.3 is 15.2 Å². The molecule has 0 aliphatic carbocycles. The van der Waals surface area contributed by atoms with Crippen LogP contribution in [0.4, 0.5) is 4.39 Å². The highest BCUT2D eigenvalue weighted by molar-refractivity contribution is 5.45. The van der Waals surface area contributed by atoms with Crippen molar-refractivity contribution in [1.82, 2.24) is 0 Å². The van der Waals surface area contributed by atoms with Crippen LogP contribution in [0.1, 0.15) is 17.0 Å². The Bertz CT molecular complexity index is 598. The number of rotatable bonds is 4. The summed E-state index contributed by atoms with van der Waals surface area (Å²) in [6, 6.07) is 12.4. The average molecular weight is 273 g/mol. The third kappa shape index (κ3) is 2.60. The molecule has 0 aromatic heterocycles. The van der Waals surface area contributed by atoms with Crippen molar-refractivity contribution in [1.29, 1.82) is 0 Å². The number of fused-ring (bicyclic) bond motifs is 1. The van der Waals surface area contributed by atoms with E-state index in [1.165, 1.54) is 12.1 Å². The Morgan fingerprint density at radius 1 is 1.05 bits per heavy atom. The molecule has 0 bridgehead atoms. The Kier molecular flexibility index (Phi) is 3.56. The highest BCUT2D eigenvalue weighted by atomic mass is 19.1. The molecule has 1 unspecified atom stereocenters. The van der Waals surface area contributed by atoms with Crippen LogP contribution >= 0.6 is 0 Å². The largest absolute Gasteiger partial charge is 0.454 e. The van der Waals surface area contributed by atoms with Gasteiger partial charge in [0.15, 0.2) is 11.5 Å². The summed E-state index contributed by atoms with van der Waals surface area (Å²) in [5.74, 6) is 1.49. The van der Waals surface area contributed by atoms with Crippen molar-refractivity contribution in [2.45, 2.75) is 12.3 Å². The Labute approximate surface area is 117 Å². The van der Waals surface area contributed by atoms with Crippen molar-refractivity contribution in [3.05, 3.63) is 59.4 Å². The van der Waals surface area contributed by atoms with Crippen LogP contribution in [0.25, 0.3) is 0 Å². The lowest BCUT2D eigenvalue weighted by Gasteiger charge is -2.15. The fourth-order valence-corrected chi connectivity index (χ4v) is 2.42. The molecule has 3 rings (SSSR count). The molecule has 0 amide bonds. The van der Waals surface area contributed by atoms with Crippen molar-refractivity contribution in [2.75, 3.05) is 13.3 Å². The SMILES string of the molecule is NCC(Cc1ccc2c(c1)OCO2)c1ccc(F)cc1. The van der Waals surface area contributed by atoms with Gasteiger partial charge >= 0.3 is 0 Å². The quantitative estimate of drug-likeness (QED) is 0.931. The van der Waals surface area contributed by atoms with Crippen LogP contribution in [-0.4, -0.2) is 13.3 Å². The van der Waals surface area contributed by atoms with E-state index in [0.717, 1.165) is 29.0 Å². The number of hydrogen-bond acceptors (Lipinski definition) is 3. The summed E-state index contributed by atoms with van der Waals surface area (Å²) in [6.45, 7) is 0.789. The minimum atomic E-state index is -0.229. The molecule has 1 aliphatic rings. The zero-order valence-corrected chi connectivity index (χ0v) is 11.0. The second-order valence-corrected chi connectivity index (χ2v) is 4.88. The van der Waals surface area contributed by atoms with Gasteiger partial charge in [0.1, 0.15) is 5.82 Å². The third-order valence-corrected chi connectivity index (χ3v) is 3.55. The molecule has 0 spiro atoms. The van der Waals surface area contributed by atoms with Crippen LogP contribution in [0.2, 0.25) is 0 Å². The van der Waals surface area contributed by atoms with E-state index in [4.69, 9.17) is 15.2 Å². The summed E-state index contributed by atoms with van der Waals surface area (Å²) in [5.41, 5.74) is 8.03. The van der Waals surface area contributed by atoms with Crippen molar-refractivity contribution >= 4 is 0 Å². The predicted molar refractivity (Wildman–Crippen MR) is 74.5 cm³/mol. The smallest absolute Gasteiger partial charge is 0.231 e. The Balaban J connectivity index is 1.79. The van der Waals surface area contributed by atoms with Gasteiger partial charge in [-0.05, 0) is 48.4 Å². The zero-order valence-electron chi connectivity index (χ0n) is 11.0. The minimum absolute atomic E-state index is 0.163. The van der Waals surface area contributed by atoms with Gasteiger partial charge in [-0.2, -0.15) is 0 Å². The molecule has 0 radical (unpaired) electrons. The van der Waals surface area contributed by atoms with Crippen molar-refractivity contribution < 1.29 is 13.9 Å². The van der Waals surface area contributed by atoms with Gasteiger partial charge in [0.2, 0.25) is 6.79 Å². The molecule has 1 heterocycles. The fraction of sp³-hybridized carbons (Fsp3) is 0.250. The maximum atomic E-state index is 13.0. The molecule has 4 heteroatoms. The molecule has 104 valence electrons. The molecule has 3 nitrogen and oxygen atoms in total. The lowest BCUT2D eigenvalue weighted by molar-refractivity contribution is 0.174. The Hall–Kier alpha value is -2.07.